The Balaban J connectivity index is 2.36. The first-order valence-electron chi connectivity index (χ1n) is 6.41. The fraction of sp³-hybridized carbons (Fsp3) is 0.250. The van der Waals surface area contributed by atoms with Gasteiger partial charge in [-0.05, 0) is 36.8 Å². The van der Waals surface area contributed by atoms with Crippen LogP contribution in [0, 0.1) is 0 Å². The number of hydrogen-bond acceptors (Lipinski definition) is 2. The van der Waals surface area contributed by atoms with E-state index in [0.717, 1.165) is 21.8 Å². The lowest BCUT2D eigenvalue weighted by Crippen LogP contribution is -2.23. The first kappa shape index (κ1) is 15.2. The molecule has 0 aromatic heterocycles. The van der Waals surface area contributed by atoms with Gasteiger partial charge in [0.05, 0.1) is 12.6 Å². The quantitative estimate of drug-likeness (QED) is 0.886. The molecule has 1 atom stereocenters. The first-order valence-corrected chi connectivity index (χ1v) is 7.16. The van der Waals surface area contributed by atoms with E-state index in [-0.39, 0.29) is 12.6 Å². The van der Waals surface area contributed by atoms with Gasteiger partial charge in [-0.2, -0.15) is 0 Å². The molecule has 0 spiro atoms. The van der Waals surface area contributed by atoms with Gasteiger partial charge in [0.15, 0.2) is 0 Å². The van der Waals surface area contributed by atoms with Gasteiger partial charge in [-0.3, -0.25) is 0 Å². The van der Waals surface area contributed by atoms with Crippen LogP contribution < -0.4 is 4.90 Å². The summed E-state index contributed by atoms with van der Waals surface area (Å²) >= 11 is 12.2. The molecule has 4 heteroatoms. The second kappa shape index (κ2) is 6.49. The number of rotatable bonds is 4. The SMILES string of the molecule is CC(c1cccc(Cl)c1)N(C)c1cccc(Cl)c1CO. The highest BCUT2D eigenvalue weighted by molar-refractivity contribution is 6.31. The van der Waals surface area contributed by atoms with Crippen LogP contribution in [0.4, 0.5) is 5.69 Å². The summed E-state index contributed by atoms with van der Waals surface area (Å²) in [6.07, 6.45) is 0. The van der Waals surface area contributed by atoms with E-state index in [1.165, 1.54) is 0 Å². The molecule has 0 aliphatic heterocycles. The van der Waals surface area contributed by atoms with Gasteiger partial charge in [-0.1, -0.05) is 41.4 Å². The molecule has 1 N–H and O–H groups in total. The van der Waals surface area contributed by atoms with Crippen molar-refractivity contribution >= 4 is 28.9 Å². The first-order chi connectivity index (χ1) is 9.54. The van der Waals surface area contributed by atoms with Crippen LogP contribution in [0.3, 0.4) is 0 Å². The standard InChI is InChI=1S/C16H17Cl2NO/c1-11(12-5-3-6-13(17)9-12)19(2)16-8-4-7-15(18)14(16)10-20/h3-9,11,20H,10H2,1-2H3. The monoisotopic (exact) mass is 309 g/mol. The van der Waals surface area contributed by atoms with Crippen LogP contribution in [0.5, 0.6) is 0 Å². The molecular formula is C16H17Cl2NO. The van der Waals surface area contributed by atoms with Crippen molar-refractivity contribution in [3.05, 3.63) is 63.6 Å². The normalized spacial score (nSPS) is 12.2. The molecule has 2 nitrogen and oxygen atoms in total. The molecule has 0 saturated carbocycles. The molecule has 0 aliphatic carbocycles. The Bertz CT molecular complexity index is 601. The zero-order valence-corrected chi connectivity index (χ0v) is 13.0. The van der Waals surface area contributed by atoms with Gasteiger partial charge in [0.2, 0.25) is 0 Å². The van der Waals surface area contributed by atoms with Crippen molar-refractivity contribution in [3.8, 4) is 0 Å². The van der Waals surface area contributed by atoms with Crippen molar-refractivity contribution in [2.45, 2.75) is 19.6 Å². The van der Waals surface area contributed by atoms with Gasteiger partial charge in [-0.15, -0.1) is 0 Å². The molecule has 0 heterocycles. The van der Waals surface area contributed by atoms with E-state index in [4.69, 9.17) is 23.2 Å². The molecule has 0 saturated heterocycles. The average Bonchev–Trinajstić information content (AvgIpc) is 2.45. The summed E-state index contributed by atoms with van der Waals surface area (Å²) < 4.78 is 0. The topological polar surface area (TPSA) is 23.5 Å². The number of aliphatic hydroxyl groups excluding tert-OH is 1. The predicted molar refractivity (Wildman–Crippen MR) is 85.6 cm³/mol. The molecule has 20 heavy (non-hydrogen) atoms. The third-order valence-electron chi connectivity index (χ3n) is 3.54. The van der Waals surface area contributed by atoms with Crippen LogP contribution >= 0.6 is 23.2 Å². The highest BCUT2D eigenvalue weighted by Crippen LogP contribution is 2.32. The lowest BCUT2D eigenvalue weighted by molar-refractivity contribution is 0.282. The van der Waals surface area contributed by atoms with Crippen molar-refractivity contribution in [1.29, 1.82) is 0 Å². The van der Waals surface area contributed by atoms with Gasteiger partial charge in [0, 0.05) is 28.3 Å². The number of halogens is 2. The third kappa shape index (κ3) is 3.09. The third-order valence-corrected chi connectivity index (χ3v) is 4.13. The van der Waals surface area contributed by atoms with Gasteiger partial charge in [-0.25, -0.2) is 0 Å². The van der Waals surface area contributed by atoms with Crippen molar-refractivity contribution < 1.29 is 5.11 Å². The van der Waals surface area contributed by atoms with Gasteiger partial charge < -0.3 is 10.0 Å². The highest BCUT2D eigenvalue weighted by atomic mass is 35.5. The van der Waals surface area contributed by atoms with Crippen molar-refractivity contribution in [1.82, 2.24) is 0 Å². The molecule has 0 aliphatic rings. The largest absolute Gasteiger partial charge is 0.392 e. The fourth-order valence-electron chi connectivity index (χ4n) is 2.23. The van der Waals surface area contributed by atoms with Gasteiger partial charge >= 0.3 is 0 Å². The lowest BCUT2D eigenvalue weighted by Gasteiger charge is -2.29. The predicted octanol–water partition coefficient (Wildman–Crippen LogP) is 4.68. The highest BCUT2D eigenvalue weighted by Gasteiger charge is 2.16. The van der Waals surface area contributed by atoms with E-state index >= 15 is 0 Å². The van der Waals surface area contributed by atoms with E-state index in [1.54, 1.807) is 6.07 Å². The molecular weight excluding hydrogens is 293 g/mol. The van der Waals surface area contributed by atoms with E-state index in [0.29, 0.717) is 5.02 Å². The second-order valence-corrected chi connectivity index (χ2v) is 5.58. The number of hydrogen-bond donors (Lipinski definition) is 1. The Hall–Kier alpha value is -1.22. The Morgan fingerprint density at radius 2 is 1.85 bits per heavy atom. The van der Waals surface area contributed by atoms with Crippen LogP contribution in [-0.2, 0) is 6.61 Å². The average molecular weight is 310 g/mol. The second-order valence-electron chi connectivity index (χ2n) is 4.74. The molecule has 0 bridgehead atoms. The Kier molecular flexibility index (Phi) is 4.92. The molecule has 1 unspecified atom stereocenters. The smallest absolute Gasteiger partial charge is 0.0716 e. The summed E-state index contributed by atoms with van der Waals surface area (Å²) in [4.78, 5) is 2.09. The number of benzene rings is 2. The summed E-state index contributed by atoms with van der Waals surface area (Å²) in [5.74, 6) is 0. The zero-order chi connectivity index (χ0) is 14.7. The van der Waals surface area contributed by atoms with Crippen molar-refractivity contribution in [2.75, 3.05) is 11.9 Å². The van der Waals surface area contributed by atoms with Crippen molar-refractivity contribution in [2.24, 2.45) is 0 Å². The minimum atomic E-state index is -0.0817. The van der Waals surface area contributed by atoms with Crippen LogP contribution in [0.15, 0.2) is 42.5 Å². The fourth-order valence-corrected chi connectivity index (χ4v) is 2.66. The van der Waals surface area contributed by atoms with Gasteiger partial charge in [0.25, 0.3) is 0 Å². The molecule has 0 fully saturated rings. The van der Waals surface area contributed by atoms with E-state index in [2.05, 4.69) is 11.8 Å². The van der Waals surface area contributed by atoms with Crippen molar-refractivity contribution in [3.63, 3.8) is 0 Å². The molecule has 2 aromatic rings. The summed E-state index contributed by atoms with van der Waals surface area (Å²) in [6, 6.07) is 13.5. The Morgan fingerprint density at radius 3 is 2.50 bits per heavy atom. The number of anilines is 1. The van der Waals surface area contributed by atoms with Crippen LogP contribution in [0.2, 0.25) is 10.0 Å². The van der Waals surface area contributed by atoms with E-state index < -0.39 is 0 Å². The maximum atomic E-state index is 9.51. The molecule has 0 amide bonds. The summed E-state index contributed by atoms with van der Waals surface area (Å²) in [6.45, 7) is 2.01. The Labute approximate surface area is 129 Å². The number of nitrogens with zero attached hydrogens (tertiary/aromatic N) is 1. The lowest BCUT2D eigenvalue weighted by atomic mass is 10.1. The van der Waals surface area contributed by atoms with Crippen LogP contribution in [0.1, 0.15) is 24.1 Å². The molecule has 106 valence electrons. The molecule has 0 radical (unpaired) electrons. The van der Waals surface area contributed by atoms with Crippen LogP contribution in [0.25, 0.3) is 0 Å². The zero-order valence-electron chi connectivity index (χ0n) is 11.5. The molecule has 2 aromatic carbocycles. The number of aliphatic hydroxyl groups is 1. The maximum absolute atomic E-state index is 9.51. The van der Waals surface area contributed by atoms with E-state index in [1.807, 2.05) is 43.4 Å². The van der Waals surface area contributed by atoms with E-state index in [9.17, 15) is 5.11 Å². The van der Waals surface area contributed by atoms with Crippen LogP contribution in [-0.4, -0.2) is 12.2 Å². The summed E-state index contributed by atoms with van der Waals surface area (Å²) in [5, 5.41) is 10.8. The summed E-state index contributed by atoms with van der Waals surface area (Å²) in [7, 11) is 1.98. The van der Waals surface area contributed by atoms with Gasteiger partial charge in [0.1, 0.15) is 0 Å². The minimum absolute atomic E-state index is 0.0817. The molecule has 2 rings (SSSR count). The minimum Gasteiger partial charge on any atom is -0.392 e. The Morgan fingerprint density at radius 1 is 1.15 bits per heavy atom. The maximum Gasteiger partial charge on any atom is 0.0716 e. The summed E-state index contributed by atoms with van der Waals surface area (Å²) in [5.41, 5.74) is 2.78.